The second-order valence-corrected chi connectivity index (χ2v) is 6.33. The van der Waals surface area contributed by atoms with Gasteiger partial charge in [-0.1, -0.05) is 12.1 Å². The van der Waals surface area contributed by atoms with Crippen molar-refractivity contribution in [3.05, 3.63) is 29.3 Å². The van der Waals surface area contributed by atoms with E-state index in [1.54, 1.807) is 6.26 Å². The van der Waals surface area contributed by atoms with E-state index in [2.05, 4.69) is 30.4 Å². The number of hydrogen-bond acceptors (Lipinski definition) is 3. The Bertz CT molecular complexity index is 434. The number of nitrogens with one attached hydrogen (secondary N) is 1. The van der Waals surface area contributed by atoms with Gasteiger partial charge in [0.2, 0.25) is 0 Å². The predicted molar refractivity (Wildman–Crippen MR) is 75.6 cm³/mol. The van der Waals surface area contributed by atoms with Gasteiger partial charge in [-0.05, 0) is 37.1 Å². The highest BCUT2D eigenvalue weighted by Crippen LogP contribution is 2.27. The maximum Gasteiger partial charge on any atom is 0.122 e. The van der Waals surface area contributed by atoms with Gasteiger partial charge in [0.05, 0.1) is 6.61 Å². The van der Waals surface area contributed by atoms with Crippen molar-refractivity contribution in [3.63, 3.8) is 0 Å². The average Bonchev–Trinajstić information content (AvgIpc) is 2.81. The number of benzene rings is 1. The second kappa shape index (κ2) is 6.34. The highest BCUT2D eigenvalue weighted by molar-refractivity contribution is 7.84. The van der Waals surface area contributed by atoms with Gasteiger partial charge in [-0.25, -0.2) is 0 Å². The molecule has 3 nitrogen and oxygen atoms in total. The molecular weight excluding hydrogens is 246 g/mol. The van der Waals surface area contributed by atoms with Crippen LogP contribution < -0.4 is 10.1 Å². The molecule has 0 saturated carbocycles. The molecule has 1 aromatic carbocycles. The van der Waals surface area contributed by atoms with Gasteiger partial charge < -0.3 is 10.1 Å². The monoisotopic (exact) mass is 267 g/mol. The molecule has 2 unspecified atom stereocenters. The summed E-state index contributed by atoms with van der Waals surface area (Å²) in [5, 5.41) is 3.47. The SMILES string of the molecule is CC(NCCCS(C)=O)c1ccc2c(c1)CCO2. The Kier molecular flexibility index (Phi) is 4.78. The van der Waals surface area contributed by atoms with Gasteiger partial charge in [0.15, 0.2) is 0 Å². The molecule has 2 atom stereocenters. The molecule has 0 amide bonds. The summed E-state index contributed by atoms with van der Waals surface area (Å²) in [5.41, 5.74) is 2.62. The summed E-state index contributed by atoms with van der Waals surface area (Å²) in [6.45, 7) is 3.89. The molecule has 1 aromatic rings. The number of fused-ring (bicyclic) bond motifs is 1. The first-order chi connectivity index (χ1) is 8.66. The average molecular weight is 267 g/mol. The van der Waals surface area contributed by atoms with Crippen LogP contribution in [0, 0.1) is 0 Å². The first-order valence-electron chi connectivity index (χ1n) is 6.46. The summed E-state index contributed by atoms with van der Waals surface area (Å²) in [6, 6.07) is 6.76. The van der Waals surface area contributed by atoms with Crippen LogP contribution in [-0.2, 0) is 17.2 Å². The van der Waals surface area contributed by atoms with Crippen molar-refractivity contribution in [1.82, 2.24) is 5.32 Å². The van der Waals surface area contributed by atoms with Gasteiger partial charge in [-0.2, -0.15) is 0 Å². The van der Waals surface area contributed by atoms with E-state index in [1.165, 1.54) is 11.1 Å². The molecule has 4 heteroatoms. The smallest absolute Gasteiger partial charge is 0.122 e. The van der Waals surface area contributed by atoms with E-state index in [1.807, 2.05) is 0 Å². The van der Waals surface area contributed by atoms with Crippen LogP contribution in [0.1, 0.15) is 30.5 Å². The maximum atomic E-state index is 11.0. The van der Waals surface area contributed by atoms with Crippen LogP contribution in [-0.4, -0.2) is 29.4 Å². The summed E-state index contributed by atoms with van der Waals surface area (Å²) < 4.78 is 16.5. The standard InChI is InChI=1S/C14H21NO2S/c1-11(15-7-3-9-18(2)16)12-4-5-14-13(10-12)6-8-17-14/h4-5,10-11,15H,3,6-9H2,1-2H3. The molecule has 1 aliphatic rings. The van der Waals surface area contributed by atoms with Crippen LogP contribution in [0.5, 0.6) is 5.75 Å². The Labute approximate surface area is 111 Å². The van der Waals surface area contributed by atoms with Gasteiger partial charge in [-0.3, -0.25) is 4.21 Å². The van der Waals surface area contributed by atoms with E-state index in [0.29, 0.717) is 6.04 Å². The van der Waals surface area contributed by atoms with Crippen LogP contribution in [0.2, 0.25) is 0 Å². The van der Waals surface area contributed by atoms with Crippen molar-refractivity contribution < 1.29 is 8.95 Å². The molecule has 0 aromatic heterocycles. The molecule has 0 aliphatic carbocycles. The van der Waals surface area contributed by atoms with Crippen molar-refractivity contribution in [3.8, 4) is 5.75 Å². The maximum absolute atomic E-state index is 11.0. The Morgan fingerprint density at radius 1 is 1.50 bits per heavy atom. The van der Waals surface area contributed by atoms with Gasteiger partial charge in [0.1, 0.15) is 5.75 Å². The van der Waals surface area contributed by atoms with Crippen molar-refractivity contribution in [2.24, 2.45) is 0 Å². The molecule has 0 saturated heterocycles. The van der Waals surface area contributed by atoms with E-state index in [9.17, 15) is 4.21 Å². The first-order valence-corrected chi connectivity index (χ1v) is 8.18. The second-order valence-electron chi connectivity index (χ2n) is 4.77. The fraction of sp³-hybridized carbons (Fsp3) is 0.571. The molecule has 18 heavy (non-hydrogen) atoms. The van der Waals surface area contributed by atoms with Gasteiger partial charge in [0, 0.05) is 35.3 Å². The van der Waals surface area contributed by atoms with Crippen molar-refractivity contribution >= 4 is 10.8 Å². The van der Waals surface area contributed by atoms with Gasteiger partial charge >= 0.3 is 0 Å². The lowest BCUT2D eigenvalue weighted by atomic mass is 10.0. The van der Waals surface area contributed by atoms with Crippen LogP contribution in [0.25, 0.3) is 0 Å². The number of rotatable bonds is 6. The third-order valence-electron chi connectivity index (χ3n) is 3.27. The van der Waals surface area contributed by atoms with Crippen LogP contribution in [0.15, 0.2) is 18.2 Å². The molecular formula is C14H21NO2S. The zero-order valence-corrected chi connectivity index (χ0v) is 11.9. The Morgan fingerprint density at radius 3 is 3.11 bits per heavy atom. The molecule has 0 fully saturated rings. The minimum atomic E-state index is -0.681. The zero-order valence-electron chi connectivity index (χ0n) is 11.1. The molecule has 0 radical (unpaired) electrons. The lowest BCUT2D eigenvalue weighted by Crippen LogP contribution is -2.21. The summed E-state index contributed by atoms with van der Waals surface area (Å²) in [6.07, 6.45) is 3.73. The summed E-state index contributed by atoms with van der Waals surface area (Å²) in [4.78, 5) is 0. The lowest BCUT2D eigenvalue weighted by molar-refractivity contribution is 0.356. The third kappa shape index (κ3) is 3.56. The highest BCUT2D eigenvalue weighted by Gasteiger charge is 2.14. The molecule has 0 spiro atoms. The van der Waals surface area contributed by atoms with Crippen LogP contribution >= 0.6 is 0 Å². The largest absolute Gasteiger partial charge is 0.493 e. The summed E-state index contributed by atoms with van der Waals surface area (Å²) in [7, 11) is -0.681. The topological polar surface area (TPSA) is 38.3 Å². The molecule has 1 N–H and O–H groups in total. The fourth-order valence-corrected chi connectivity index (χ4v) is 2.74. The summed E-state index contributed by atoms with van der Waals surface area (Å²) >= 11 is 0. The van der Waals surface area contributed by atoms with Crippen molar-refractivity contribution in [2.75, 3.05) is 25.2 Å². The third-order valence-corrected chi connectivity index (χ3v) is 4.14. The van der Waals surface area contributed by atoms with E-state index in [-0.39, 0.29) is 0 Å². The lowest BCUT2D eigenvalue weighted by Gasteiger charge is -2.15. The van der Waals surface area contributed by atoms with Crippen LogP contribution in [0.3, 0.4) is 0 Å². The molecule has 0 bridgehead atoms. The molecule has 100 valence electrons. The van der Waals surface area contributed by atoms with E-state index in [4.69, 9.17) is 4.74 Å². The Balaban J connectivity index is 1.85. The van der Waals surface area contributed by atoms with Crippen molar-refractivity contribution in [2.45, 2.75) is 25.8 Å². The normalized spacial score (nSPS) is 17.0. The number of ether oxygens (including phenoxy) is 1. The van der Waals surface area contributed by atoms with E-state index < -0.39 is 10.8 Å². The highest BCUT2D eigenvalue weighted by atomic mass is 32.2. The quantitative estimate of drug-likeness (QED) is 0.802. The first kappa shape index (κ1) is 13.6. The van der Waals surface area contributed by atoms with Gasteiger partial charge in [0.25, 0.3) is 0 Å². The Hall–Kier alpha value is -0.870. The molecule has 1 aliphatic heterocycles. The number of hydrogen-bond donors (Lipinski definition) is 1. The Morgan fingerprint density at radius 2 is 2.33 bits per heavy atom. The van der Waals surface area contributed by atoms with Gasteiger partial charge in [-0.15, -0.1) is 0 Å². The minimum Gasteiger partial charge on any atom is -0.493 e. The fourth-order valence-electron chi connectivity index (χ4n) is 2.19. The zero-order chi connectivity index (χ0) is 13.0. The minimum absolute atomic E-state index is 0.334. The van der Waals surface area contributed by atoms with E-state index in [0.717, 1.165) is 37.5 Å². The van der Waals surface area contributed by atoms with Crippen molar-refractivity contribution in [1.29, 1.82) is 0 Å². The molecule has 1 heterocycles. The predicted octanol–water partition coefficient (Wildman–Crippen LogP) is 2.04. The van der Waals surface area contributed by atoms with Crippen LogP contribution in [0.4, 0.5) is 0 Å². The van der Waals surface area contributed by atoms with E-state index >= 15 is 0 Å². The summed E-state index contributed by atoms with van der Waals surface area (Å²) in [5.74, 6) is 1.81. The molecule has 2 rings (SSSR count).